The molecule has 0 unspecified atom stereocenters. The van der Waals surface area contributed by atoms with Crippen LogP contribution in [-0.4, -0.2) is 40.9 Å². The molecule has 0 aliphatic carbocycles. The maximum Gasteiger partial charge on any atom is 0.307 e. The van der Waals surface area contributed by atoms with Gasteiger partial charge in [-0.15, -0.1) is 0 Å². The van der Waals surface area contributed by atoms with Crippen LogP contribution in [0.5, 0.6) is 0 Å². The van der Waals surface area contributed by atoms with E-state index in [1.54, 1.807) is 0 Å². The van der Waals surface area contributed by atoms with Gasteiger partial charge < -0.3 is 10.0 Å². The lowest BCUT2D eigenvalue weighted by atomic mass is 9.98. The van der Waals surface area contributed by atoms with Crippen molar-refractivity contribution in [2.24, 2.45) is 5.92 Å². The maximum atomic E-state index is 10.7. The van der Waals surface area contributed by atoms with Crippen LogP contribution in [0.15, 0.2) is 0 Å². The van der Waals surface area contributed by atoms with Crippen molar-refractivity contribution in [3.05, 3.63) is 0 Å². The molecule has 1 heterocycles. The third-order valence-electron chi connectivity index (χ3n) is 2.26. The molecule has 0 saturated carbocycles. The third-order valence-corrected chi connectivity index (χ3v) is 2.61. The van der Waals surface area contributed by atoms with Crippen molar-refractivity contribution in [1.29, 1.82) is 0 Å². The van der Waals surface area contributed by atoms with Gasteiger partial charge in [-0.1, -0.05) is 15.9 Å². The summed E-state index contributed by atoms with van der Waals surface area (Å²) in [6.07, 6.45) is 1.86. The fourth-order valence-electron chi connectivity index (χ4n) is 1.58. The van der Waals surface area contributed by atoms with Crippen LogP contribution in [0.3, 0.4) is 0 Å². The van der Waals surface area contributed by atoms with Crippen molar-refractivity contribution < 1.29 is 9.90 Å². The number of rotatable bonds is 3. The normalized spacial score (nSPS) is 25.6. The molecule has 70 valence electrons. The summed E-state index contributed by atoms with van der Waals surface area (Å²) in [4.78, 5) is 12.9. The van der Waals surface area contributed by atoms with Crippen LogP contribution in [0.25, 0.3) is 0 Å². The van der Waals surface area contributed by atoms with Crippen molar-refractivity contribution >= 4 is 21.9 Å². The predicted molar refractivity (Wildman–Crippen MR) is 50.6 cm³/mol. The van der Waals surface area contributed by atoms with Gasteiger partial charge >= 0.3 is 5.97 Å². The second-order valence-corrected chi connectivity index (χ2v) is 3.96. The minimum Gasteiger partial charge on any atom is -0.481 e. The molecule has 0 aromatic rings. The Balaban J connectivity index is 2.35. The average molecular weight is 236 g/mol. The summed E-state index contributed by atoms with van der Waals surface area (Å²) in [6.45, 7) is 2.74. The quantitative estimate of drug-likeness (QED) is 0.748. The fourth-order valence-corrected chi connectivity index (χ4v) is 2.08. The van der Waals surface area contributed by atoms with E-state index in [0.29, 0.717) is 0 Å². The van der Waals surface area contributed by atoms with E-state index in [-0.39, 0.29) is 5.92 Å². The largest absolute Gasteiger partial charge is 0.481 e. The van der Waals surface area contributed by atoms with Gasteiger partial charge in [0.15, 0.2) is 0 Å². The van der Waals surface area contributed by atoms with Crippen LogP contribution in [-0.2, 0) is 4.79 Å². The summed E-state index contributed by atoms with van der Waals surface area (Å²) in [7, 11) is 0. The highest BCUT2D eigenvalue weighted by molar-refractivity contribution is 9.09. The SMILES string of the molecule is O=C(O)[C@@H]1CCCN(CCBr)C1. The lowest BCUT2D eigenvalue weighted by Crippen LogP contribution is -2.39. The van der Waals surface area contributed by atoms with E-state index in [0.717, 1.165) is 37.8 Å². The number of halogens is 1. The number of nitrogens with zero attached hydrogens (tertiary/aromatic N) is 1. The fraction of sp³-hybridized carbons (Fsp3) is 0.875. The molecule has 1 N–H and O–H groups in total. The van der Waals surface area contributed by atoms with Crippen LogP contribution in [0.1, 0.15) is 12.8 Å². The predicted octanol–water partition coefficient (Wildman–Crippen LogP) is 1.18. The third kappa shape index (κ3) is 2.75. The van der Waals surface area contributed by atoms with Crippen molar-refractivity contribution in [3.8, 4) is 0 Å². The topological polar surface area (TPSA) is 40.5 Å². The van der Waals surface area contributed by atoms with Crippen LogP contribution in [0.4, 0.5) is 0 Å². The molecule has 0 amide bonds. The number of aliphatic carboxylic acids is 1. The van der Waals surface area contributed by atoms with Gasteiger partial charge in [-0.05, 0) is 19.4 Å². The average Bonchev–Trinajstić information content (AvgIpc) is 2.05. The highest BCUT2D eigenvalue weighted by atomic mass is 79.9. The van der Waals surface area contributed by atoms with Crippen LogP contribution in [0.2, 0.25) is 0 Å². The highest BCUT2D eigenvalue weighted by Gasteiger charge is 2.24. The number of alkyl halides is 1. The molecule has 0 aromatic carbocycles. The lowest BCUT2D eigenvalue weighted by molar-refractivity contribution is -0.143. The number of hydrogen-bond donors (Lipinski definition) is 1. The molecule has 1 fully saturated rings. The molecule has 3 nitrogen and oxygen atoms in total. The van der Waals surface area contributed by atoms with E-state index < -0.39 is 5.97 Å². The molecule has 1 rings (SSSR count). The highest BCUT2D eigenvalue weighted by Crippen LogP contribution is 2.16. The Morgan fingerprint density at radius 3 is 3.00 bits per heavy atom. The van der Waals surface area contributed by atoms with Gasteiger partial charge in [-0.25, -0.2) is 0 Å². The molecular formula is C8H14BrNO2. The monoisotopic (exact) mass is 235 g/mol. The minimum absolute atomic E-state index is 0.141. The van der Waals surface area contributed by atoms with Crippen LogP contribution in [0, 0.1) is 5.92 Å². The second-order valence-electron chi connectivity index (χ2n) is 3.17. The summed E-state index contributed by atoms with van der Waals surface area (Å²) < 4.78 is 0. The Bertz CT molecular complexity index is 161. The standard InChI is InChI=1S/C8H14BrNO2/c9-3-5-10-4-1-2-7(6-10)8(11)12/h7H,1-6H2,(H,11,12)/t7-/m1/s1. The van der Waals surface area contributed by atoms with Gasteiger partial charge in [-0.2, -0.15) is 0 Å². The zero-order chi connectivity index (χ0) is 8.97. The van der Waals surface area contributed by atoms with E-state index in [1.807, 2.05) is 0 Å². The summed E-state index contributed by atoms with van der Waals surface area (Å²) in [5.74, 6) is -0.785. The number of carbonyl (C=O) groups is 1. The molecule has 0 spiro atoms. The van der Waals surface area contributed by atoms with E-state index in [9.17, 15) is 4.79 Å². The summed E-state index contributed by atoms with van der Waals surface area (Å²) in [5.41, 5.74) is 0. The van der Waals surface area contributed by atoms with E-state index in [1.165, 1.54) is 0 Å². The van der Waals surface area contributed by atoms with E-state index >= 15 is 0 Å². The lowest BCUT2D eigenvalue weighted by Gasteiger charge is -2.29. The number of hydrogen-bond acceptors (Lipinski definition) is 2. The first-order chi connectivity index (χ1) is 5.74. The second kappa shape index (κ2) is 4.82. The van der Waals surface area contributed by atoms with Crippen LogP contribution < -0.4 is 0 Å². The molecule has 1 saturated heterocycles. The molecule has 0 bridgehead atoms. The Kier molecular flexibility index (Phi) is 4.01. The van der Waals surface area contributed by atoms with Crippen molar-refractivity contribution in [1.82, 2.24) is 4.90 Å². The Hall–Kier alpha value is -0.0900. The molecule has 4 heteroatoms. The van der Waals surface area contributed by atoms with Crippen molar-refractivity contribution in [2.45, 2.75) is 12.8 Å². The van der Waals surface area contributed by atoms with Gasteiger partial charge in [0, 0.05) is 18.4 Å². The van der Waals surface area contributed by atoms with E-state index in [4.69, 9.17) is 5.11 Å². The number of carboxylic acids is 1. The molecule has 12 heavy (non-hydrogen) atoms. The Labute approximate surface area is 80.9 Å². The maximum absolute atomic E-state index is 10.7. The number of piperidine rings is 1. The Morgan fingerprint density at radius 2 is 2.42 bits per heavy atom. The van der Waals surface area contributed by atoms with Gasteiger partial charge in [0.1, 0.15) is 0 Å². The molecule has 1 atom stereocenters. The Morgan fingerprint density at radius 1 is 1.67 bits per heavy atom. The van der Waals surface area contributed by atoms with E-state index in [2.05, 4.69) is 20.8 Å². The molecule has 1 aliphatic heterocycles. The smallest absolute Gasteiger partial charge is 0.307 e. The van der Waals surface area contributed by atoms with Crippen LogP contribution >= 0.6 is 15.9 Å². The summed E-state index contributed by atoms with van der Waals surface area (Å²) >= 11 is 3.35. The molecule has 0 radical (unpaired) electrons. The minimum atomic E-state index is -0.644. The summed E-state index contributed by atoms with van der Waals surface area (Å²) in [6, 6.07) is 0. The first-order valence-corrected chi connectivity index (χ1v) is 5.37. The van der Waals surface area contributed by atoms with Gasteiger partial charge in [-0.3, -0.25) is 4.79 Å². The first-order valence-electron chi connectivity index (χ1n) is 4.25. The summed E-state index contributed by atoms with van der Waals surface area (Å²) in [5, 5.41) is 9.72. The van der Waals surface area contributed by atoms with Gasteiger partial charge in [0.2, 0.25) is 0 Å². The zero-order valence-electron chi connectivity index (χ0n) is 7.00. The zero-order valence-corrected chi connectivity index (χ0v) is 8.59. The number of likely N-dealkylation sites (tertiary alicyclic amines) is 1. The molecule has 1 aliphatic rings. The van der Waals surface area contributed by atoms with Gasteiger partial charge in [0.05, 0.1) is 5.92 Å². The molecule has 0 aromatic heterocycles. The number of carboxylic acid groups (broad SMARTS) is 1. The van der Waals surface area contributed by atoms with Gasteiger partial charge in [0.25, 0.3) is 0 Å². The van der Waals surface area contributed by atoms with Crippen molar-refractivity contribution in [2.75, 3.05) is 25.0 Å². The van der Waals surface area contributed by atoms with Crippen molar-refractivity contribution in [3.63, 3.8) is 0 Å². The first kappa shape index (κ1) is 9.99. The molecular weight excluding hydrogens is 222 g/mol.